The molecule has 0 amide bonds. The van der Waals surface area contributed by atoms with E-state index in [0.717, 1.165) is 28.0 Å². The first kappa shape index (κ1) is 15.3. The highest BCUT2D eigenvalue weighted by Gasteiger charge is 2.18. The Morgan fingerprint density at radius 1 is 1.09 bits per heavy atom. The van der Waals surface area contributed by atoms with Gasteiger partial charge in [-0.2, -0.15) is 0 Å². The van der Waals surface area contributed by atoms with Crippen LogP contribution in [0.15, 0.2) is 42.7 Å². The van der Waals surface area contributed by atoms with Gasteiger partial charge in [-0.25, -0.2) is 9.78 Å². The second-order valence-electron chi connectivity index (χ2n) is 6.90. The Labute approximate surface area is 135 Å². The molecule has 1 aromatic carbocycles. The SMILES string of the molecule is Cc1cc(-c2ccc(C(=O)O)cc2)cn2cc(C(C)(C)C)nc12. The molecular weight excluding hydrogens is 288 g/mol. The van der Waals surface area contributed by atoms with Gasteiger partial charge in [-0.15, -0.1) is 0 Å². The van der Waals surface area contributed by atoms with Crippen molar-refractivity contribution in [3.63, 3.8) is 0 Å². The van der Waals surface area contributed by atoms with Crippen LogP contribution < -0.4 is 0 Å². The summed E-state index contributed by atoms with van der Waals surface area (Å²) in [5.74, 6) is -0.910. The maximum Gasteiger partial charge on any atom is 0.335 e. The summed E-state index contributed by atoms with van der Waals surface area (Å²) in [6, 6.07) is 9.03. The molecular formula is C19H20N2O2. The molecule has 3 rings (SSSR count). The predicted octanol–water partition coefficient (Wildman–Crippen LogP) is 4.31. The molecule has 0 fully saturated rings. The lowest BCUT2D eigenvalue weighted by Crippen LogP contribution is -2.11. The van der Waals surface area contributed by atoms with Gasteiger partial charge in [-0.1, -0.05) is 32.9 Å². The summed E-state index contributed by atoms with van der Waals surface area (Å²) in [6.45, 7) is 8.49. The van der Waals surface area contributed by atoms with Crippen LogP contribution in [0.2, 0.25) is 0 Å². The molecule has 0 atom stereocenters. The zero-order valence-electron chi connectivity index (χ0n) is 13.8. The zero-order chi connectivity index (χ0) is 16.8. The highest BCUT2D eigenvalue weighted by molar-refractivity contribution is 5.88. The fourth-order valence-corrected chi connectivity index (χ4v) is 2.59. The molecule has 23 heavy (non-hydrogen) atoms. The summed E-state index contributed by atoms with van der Waals surface area (Å²) in [4.78, 5) is 15.7. The normalized spacial score (nSPS) is 11.8. The van der Waals surface area contributed by atoms with Gasteiger partial charge in [-0.3, -0.25) is 0 Å². The lowest BCUT2D eigenvalue weighted by molar-refractivity contribution is 0.0697. The molecule has 2 heterocycles. The van der Waals surface area contributed by atoms with Crippen molar-refractivity contribution in [2.75, 3.05) is 0 Å². The number of pyridine rings is 1. The number of aromatic carboxylic acids is 1. The van der Waals surface area contributed by atoms with Crippen molar-refractivity contribution in [1.29, 1.82) is 0 Å². The number of aryl methyl sites for hydroxylation is 1. The fraction of sp³-hybridized carbons (Fsp3) is 0.263. The molecule has 0 saturated heterocycles. The molecule has 4 heteroatoms. The second-order valence-corrected chi connectivity index (χ2v) is 6.90. The van der Waals surface area contributed by atoms with Crippen LogP contribution in [-0.2, 0) is 5.41 Å². The summed E-state index contributed by atoms with van der Waals surface area (Å²) in [5.41, 5.74) is 5.45. The van der Waals surface area contributed by atoms with Crippen molar-refractivity contribution in [3.8, 4) is 11.1 Å². The summed E-state index contributed by atoms with van der Waals surface area (Å²) in [6.07, 6.45) is 4.11. The number of benzene rings is 1. The Hall–Kier alpha value is -2.62. The molecule has 2 aromatic heterocycles. The fourth-order valence-electron chi connectivity index (χ4n) is 2.59. The Morgan fingerprint density at radius 2 is 1.74 bits per heavy atom. The van der Waals surface area contributed by atoms with Gasteiger partial charge in [0.25, 0.3) is 0 Å². The standard InChI is InChI=1S/C19H20N2O2/c1-12-9-15(13-5-7-14(8-6-13)18(22)23)10-21-11-16(19(2,3)4)20-17(12)21/h5-11H,1-4H3,(H,22,23). The molecule has 0 unspecified atom stereocenters. The maximum atomic E-state index is 11.0. The number of nitrogens with zero attached hydrogens (tertiary/aromatic N) is 2. The Balaban J connectivity index is 2.10. The van der Waals surface area contributed by atoms with E-state index in [1.165, 1.54) is 0 Å². The molecule has 0 aliphatic rings. The first-order valence-electron chi connectivity index (χ1n) is 7.59. The van der Waals surface area contributed by atoms with Crippen molar-refractivity contribution in [3.05, 3.63) is 59.5 Å². The molecule has 3 aromatic rings. The number of aromatic nitrogens is 2. The molecule has 1 N–H and O–H groups in total. The topological polar surface area (TPSA) is 54.6 Å². The van der Waals surface area contributed by atoms with Crippen molar-refractivity contribution in [1.82, 2.24) is 9.38 Å². The van der Waals surface area contributed by atoms with Crippen LogP contribution in [0.25, 0.3) is 16.8 Å². The van der Waals surface area contributed by atoms with Gasteiger partial charge in [0.05, 0.1) is 11.3 Å². The van der Waals surface area contributed by atoms with Gasteiger partial charge >= 0.3 is 5.97 Å². The highest BCUT2D eigenvalue weighted by Crippen LogP contribution is 2.26. The van der Waals surface area contributed by atoms with Crippen molar-refractivity contribution in [2.45, 2.75) is 33.1 Å². The van der Waals surface area contributed by atoms with E-state index in [-0.39, 0.29) is 5.41 Å². The van der Waals surface area contributed by atoms with E-state index in [1.54, 1.807) is 12.1 Å². The van der Waals surface area contributed by atoms with Gasteiger partial charge in [0.1, 0.15) is 5.65 Å². The Bertz CT molecular complexity index is 884. The molecule has 118 valence electrons. The van der Waals surface area contributed by atoms with Crippen LogP contribution in [0.3, 0.4) is 0 Å². The number of hydrogen-bond acceptors (Lipinski definition) is 2. The van der Waals surface area contributed by atoms with Gasteiger partial charge in [0.15, 0.2) is 0 Å². The molecule has 0 radical (unpaired) electrons. The first-order chi connectivity index (χ1) is 10.8. The molecule has 0 bridgehead atoms. The van der Waals surface area contributed by atoms with Crippen LogP contribution in [0.1, 0.15) is 42.4 Å². The summed E-state index contributed by atoms with van der Waals surface area (Å²) in [5, 5.41) is 9.00. The summed E-state index contributed by atoms with van der Waals surface area (Å²) >= 11 is 0. The third-order valence-electron chi connectivity index (χ3n) is 3.97. The number of fused-ring (bicyclic) bond motifs is 1. The van der Waals surface area contributed by atoms with Gasteiger partial charge in [-0.05, 0) is 41.8 Å². The van der Waals surface area contributed by atoms with Crippen molar-refractivity contribution < 1.29 is 9.90 Å². The average molecular weight is 308 g/mol. The lowest BCUT2D eigenvalue weighted by Gasteiger charge is -2.13. The Morgan fingerprint density at radius 3 is 2.30 bits per heavy atom. The van der Waals surface area contributed by atoms with Crippen molar-refractivity contribution >= 4 is 11.6 Å². The maximum absolute atomic E-state index is 11.0. The monoisotopic (exact) mass is 308 g/mol. The van der Waals surface area contributed by atoms with E-state index in [1.807, 2.05) is 25.3 Å². The van der Waals surface area contributed by atoms with Crippen LogP contribution in [-0.4, -0.2) is 20.5 Å². The number of rotatable bonds is 2. The summed E-state index contributed by atoms with van der Waals surface area (Å²) in [7, 11) is 0. The number of hydrogen-bond donors (Lipinski definition) is 1. The number of carboxylic acid groups (broad SMARTS) is 1. The number of carbonyl (C=O) groups is 1. The minimum atomic E-state index is -0.910. The largest absolute Gasteiger partial charge is 0.478 e. The second kappa shape index (κ2) is 5.23. The van der Waals surface area contributed by atoms with E-state index in [9.17, 15) is 4.79 Å². The van der Waals surface area contributed by atoms with Gasteiger partial charge < -0.3 is 9.51 Å². The van der Waals surface area contributed by atoms with E-state index in [4.69, 9.17) is 10.1 Å². The van der Waals surface area contributed by atoms with E-state index < -0.39 is 5.97 Å². The summed E-state index contributed by atoms with van der Waals surface area (Å²) < 4.78 is 2.05. The predicted molar refractivity (Wildman–Crippen MR) is 91.0 cm³/mol. The molecule has 0 spiro atoms. The molecule has 0 aliphatic heterocycles. The van der Waals surface area contributed by atoms with Crippen LogP contribution in [0.4, 0.5) is 0 Å². The van der Waals surface area contributed by atoms with Gasteiger partial charge in [0, 0.05) is 17.8 Å². The zero-order valence-corrected chi connectivity index (χ0v) is 13.8. The average Bonchev–Trinajstić information content (AvgIpc) is 2.92. The lowest BCUT2D eigenvalue weighted by atomic mass is 9.93. The minimum Gasteiger partial charge on any atom is -0.478 e. The van der Waals surface area contributed by atoms with E-state index in [0.29, 0.717) is 5.56 Å². The number of imidazole rings is 1. The van der Waals surface area contributed by atoms with Crippen LogP contribution in [0, 0.1) is 6.92 Å². The molecule has 4 nitrogen and oxygen atoms in total. The van der Waals surface area contributed by atoms with E-state index in [2.05, 4.69) is 37.4 Å². The molecule has 0 aliphatic carbocycles. The smallest absolute Gasteiger partial charge is 0.335 e. The number of carboxylic acids is 1. The third kappa shape index (κ3) is 2.84. The Kier molecular flexibility index (Phi) is 3.48. The third-order valence-corrected chi connectivity index (χ3v) is 3.97. The molecule has 0 saturated carbocycles. The van der Waals surface area contributed by atoms with E-state index >= 15 is 0 Å². The quantitative estimate of drug-likeness (QED) is 0.767. The first-order valence-corrected chi connectivity index (χ1v) is 7.59. The van der Waals surface area contributed by atoms with Crippen LogP contribution >= 0.6 is 0 Å². The van der Waals surface area contributed by atoms with Gasteiger partial charge in [0.2, 0.25) is 0 Å². The highest BCUT2D eigenvalue weighted by atomic mass is 16.4. The van der Waals surface area contributed by atoms with Crippen LogP contribution in [0.5, 0.6) is 0 Å². The minimum absolute atomic E-state index is 0.00175. The van der Waals surface area contributed by atoms with Crippen molar-refractivity contribution in [2.24, 2.45) is 0 Å².